The van der Waals surface area contributed by atoms with E-state index in [-0.39, 0.29) is 12.0 Å². The average molecular weight is 346 g/mol. The summed E-state index contributed by atoms with van der Waals surface area (Å²) in [7, 11) is 0. The van der Waals surface area contributed by atoms with Gasteiger partial charge < -0.3 is 10.1 Å². The predicted octanol–water partition coefficient (Wildman–Crippen LogP) is 3.22. The van der Waals surface area contributed by atoms with Crippen molar-refractivity contribution in [2.24, 2.45) is 5.92 Å². The van der Waals surface area contributed by atoms with Gasteiger partial charge in [0.05, 0.1) is 5.56 Å². The lowest BCUT2D eigenvalue weighted by Gasteiger charge is -2.41. The van der Waals surface area contributed by atoms with Crippen molar-refractivity contribution in [3.63, 3.8) is 0 Å². The first-order valence-electron chi connectivity index (χ1n) is 8.36. The molecule has 0 aromatic heterocycles. The largest absolute Gasteiger partial charge is 0.419 e. The normalized spacial score (nSPS) is 22.5. The van der Waals surface area contributed by atoms with Crippen LogP contribution in [0.2, 0.25) is 0 Å². The molecule has 3 nitrogen and oxygen atoms in total. The average Bonchev–Trinajstić information content (AvgIpc) is 2.57. The zero-order valence-electron chi connectivity index (χ0n) is 13.4. The molecule has 0 saturated carbocycles. The van der Waals surface area contributed by atoms with Crippen LogP contribution >= 0.6 is 0 Å². The summed E-state index contributed by atoms with van der Waals surface area (Å²) in [6, 6.07) is 3.33. The summed E-state index contributed by atoms with van der Waals surface area (Å²) in [6.45, 7) is 4.43. The molecule has 0 unspecified atom stereocenters. The Kier molecular flexibility index (Phi) is 5.42. The van der Waals surface area contributed by atoms with E-state index in [9.17, 15) is 17.6 Å². The highest BCUT2D eigenvalue weighted by Gasteiger charge is 2.37. The van der Waals surface area contributed by atoms with Gasteiger partial charge in [-0.3, -0.25) is 4.90 Å². The summed E-state index contributed by atoms with van der Waals surface area (Å²) in [5.41, 5.74) is -0.621. The lowest BCUT2D eigenvalue weighted by Crippen LogP contribution is -2.47. The monoisotopic (exact) mass is 346 g/mol. The summed E-state index contributed by atoms with van der Waals surface area (Å²) in [6.07, 6.45) is -3.05. The van der Waals surface area contributed by atoms with E-state index < -0.39 is 17.6 Å². The van der Waals surface area contributed by atoms with Gasteiger partial charge in [-0.05, 0) is 36.5 Å². The molecule has 24 heavy (non-hydrogen) atoms. The predicted molar refractivity (Wildman–Crippen MR) is 82.1 cm³/mol. The van der Waals surface area contributed by atoms with Crippen LogP contribution in [0.3, 0.4) is 0 Å². The summed E-state index contributed by atoms with van der Waals surface area (Å²) in [5.74, 6) is -0.985. The fourth-order valence-electron chi connectivity index (χ4n) is 3.72. The number of alkyl halides is 3. The minimum atomic E-state index is -4.68. The van der Waals surface area contributed by atoms with Gasteiger partial charge in [0, 0.05) is 45.4 Å². The topological polar surface area (TPSA) is 24.5 Å². The van der Waals surface area contributed by atoms with Gasteiger partial charge in [-0.15, -0.1) is 0 Å². The third kappa shape index (κ3) is 3.90. The highest BCUT2D eigenvalue weighted by Crippen LogP contribution is 2.39. The van der Waals surface area contributed by atoms with E-state index in [0.29, 0.717) is 18.8 Å². The van der Waals surface area contributed by atoms with Gasteiger partial charge >= 0.3 is 6.18 Å². The number of ether oxygens (including phenoxy) is 1. The number of hydrogen-bond acceptors (Lipinski definition) is 3. The Balaban J connectivity index is 1.95. The first-order chi connectivity index (χ1) is 11.5. The summed E-state index contributed by atoms with van der Waals surface area (Å²) >= 11 is 0. The molecule has 2 aliphatic heterocycles. The Morgan fingerprint density at radius 3 is 2.42 bits per heavy atom. The third-order valence-electron chi connectivity index (χ3n) is 4.89. The molecule has 2 fully saturated rings. The highest BCUT2D eigenvalue weighted by molar-refractivity contribution is 5.30. The van der Waals surface area contributed by atoms with Gasteiger partial charge in [0.1, 0.15) is 5.82 Å². The van der Waals surface area contributed by atoms with Crippen LogP contribution in [0.25, 0.3) is 0 Å². The van der Waals surface area contributed by atoms with Crippen molar-refractivity contribution < 1.29 is 22.3 Å². The zero-order chi connectivity index (χ0) is 17.2. The molecular formula is C17H22F4N2O. The number of nitrogens with zero attached hydrogens (tertiary/aromatic N) is 1. The summed E-state index contributed by atoms with van der Waals surface area (Å²) in [4.78, 5) is 2.22. The molecule has 3 rings (SSSR count). The molecule has 7 heteroatoms. The van der Waals surface area contributed by atoms with Crippen LogP contribution < -0.4 is 5.32 Å². The summed E-state index contributed by atoms with van der Waals surface area (Å²) in [5, 5.41) is 3.26. The maximum atomic E-state index is 13.6. The van der Waals surface area contributed by atoms with Crippen molar-refractivity contribution in [1.29, 1.82) is 0 Å². The van der Waals surface area contributed by atoms with E-state index in [1.165, 1.54) is 6.07 Å². The second-order valence-electron chi connectivity index (χ2n) is 6.42. The molecule has 1 aromatic rings. The molecule has 0 aliphatic carbocycles. The van der Waals surface area contributed by atoms with E-state index in [2.05, 4.69) is 10.2 Å². The molecule has 1 N–H and O–H groups in total. The van der Waals surface area contributed by atoms with Gasteiger partial charge in [0.25, 0.3) is 0 Å². The van der Waals surface area contributed by atoms with Crippen molar-refractivity contribution in [2.45, 2.75) is 25.1 Å². The second kappa shape index (κ2) is 7.37. The number of rotatable bonds is 3. The Labute approximate surface area is 139 Å². The molecule has 2 heterocycles. The van der Waals surface area contributed by atoms with E-state index in [4.69, 9.17) is 4.74 Å². The van der Waals surface area contributed by atoms with Crippen molar-refractivity contribution >= 4 is 0 Å². The standard InChI is InChI=1S/C17H22F4N2O/c18-15-2-1-13(11-14(15)17(19,20)21)16(12-3-9-24-10-4-12)23-7-5-22-6-8-23/h1-2,11-12,16,22H,3-10H2/t16-/m1/s1. The van der Waals surface area contributed by atoms with Crippen LogP contribution in [-0.2, 0) is 10.9 Å². The molecule has 0 amide bonds. The lowest BCUT2D eigenvalue weighted by molar-refractivity contribution is -0.140. The van der Waals surface area contributed by atoms with Gasteiger partial charge in [-0.1, -0.05) is 6.07 Å². The van der Waals surface area contributed by atoms with Gasteiger partial charge in [0.2, 0.25) is 0 Å². The van der Waals surface area contributed by atoms with E-state index >= 15 is 0 Å². The van der Waals surface area contributed by atoms with E-state index in [1.54, 1.807) is 0 Å². The Morgan fingerprint density at radius 1 is 1.12 bits per heavy atom. The van der Waals surface area contributed by atoms with Crippen LogP contribution in [0.4, 0.5) is 17.6 Å². The van der Waals surface area contributed by atoms with Crippen LogP contribution in [0.5, 0.6) is 0 Å². The number of nitrogens with one attached hydrogen (secondary N) is 1. The van der Waals surface area contributed by atoms with E-state index in [0.717, 1.165) is 51.2 Å². The van der Waals surface area contributed by atoms with E-state index in [1.807, 2.05) is 0 Å². The first-order valence-corrected chi connectivity index (χ1v) is 8.36. The molecule has 0 bridgehead atoms. The Bertz CT molecular complexity index is 534. The number of piperazine rings is 1. The fraction of sp³-hybridized carbons (Fsp3) is 0.647. The molecule has 0 spiro atoms. The van der Waals surface area contributed by atoms with Gasteiger partial charge in [0.15, 0.2) is 0 Å². The van der Waals surface area contributed by atoms with Crippen LogP contribution in [0.1, 0.15) is 30.0 Å². The molecule has 1 atom stereocenters. The second-order valence-corrected chi connectivity index (χ2v) is 6.42. The number of halogens is 4. The lowest BCUT2D eigenvalue weighted by atomic mass is 9.85. The molecule has 0 radical (unpaired) electrons. The zero-order valence-corrected chi connectivity index (χ0v) is 13.4. The number of hydrogen-bond donors (Lipinski definition) is 1. The van der Waals surface area contributed by atoms with Crippen molar-refractivity contribution in [3.05, 3.63) is 35.1 Å². The maximum Gasteiger partial charge on any atom is 0.419 e. The fourth-order valence-corrected chi connectivity index (χ4v) is 3.72. The SMILES string of the molecule is Fc1ccc([C@@H](C2CCOCC2)N2CCNCC2)cc1C(F)(F)F. The van der Waals surface area contributed by atoms with Crippen LogP contribution in [0, 0.1) is 11.7 Å². The maximum absolute atomic E-state index is 13.6. The summed E-state index contributed by atoms with van der Waals surface area (Å²) < 4.78 is 58.3. The van der Waals surface area contributed by atoms with Crippen LogP contribution in [0.15, 0.2) is 18.2 Å². The van der Waals surface area contributed by atoms with Crippen molar-refractivity contribution in [1.82, 2.24) is 10.2 Å². The minimum Gasteiger partial charge on any atom is -0.381 e. The van der Waals surface area contributed by atoms with Crippen molar-refractivity contribution in [2.75, 3.05) is 39.4 Å². The molecule has 1 aromatic carbocycles. The van der Waals surface area contributed by atoms with Gasteiger partial charge in [-0.2, -0.15) is 13.2 Å². The first kappa shape index (κ1) is 17.6. The smallest absolute Gasteiger partial charge is 0.381 e. The highest BCUT2D eigenvalue weighted by atomic mass is 19.4. The molecule has 134 valence electrons. The number of benzene rings is 1. The Hall–Kier alpha value is -1.18. The molecule has 2 aliphatic rings. The molecule has 2 saturated heterocycles. The molecular weight excluding hydrogens is 324 g/mol. The quantitative estimate of drug-likeness (QED) is 0.851. The third-order valence-corrected chi connectivity index (χ3v) is 4.89. The van der Waals surface area contributed by atoms with Crippen molar-refractivity contribution in [3.8, 4) is 0 Å². The Morgan fingerprint density at radius 2 is 1.79 bits per heavy atom. The van der Waals surface area contributed by atoms with Gasteiger partial charge in [-0.25, -0.2) is 4.39 Å². The van der Waals surface area contributed by atoms with Crippen LogP contribution in [-0.4, -0.2) is 44.3 Å². The minimum absolute atomic E-state index is 0.127.